The van der Waals surface area contributed by atoms with E-state index in [-0.39, 0.29) is 0 Å². The fourth-order valence-corrected chi connectivity index (χ4v) is 2.22. The maximum Gasteiger partial charge on any atom is 0.208 e. The number of aryl methyl sites for hydroxylation is 2. The van der Waals surface area contributed by atoms with Gasteiger partial charge < -0.3 is 9.73 Å². The van der Waals surface area contributed by atoms with Crippen LogP contribution in [0.25, 0.3) is 0 Å². The molecule has 17 heavy (non-hydrogen) atoms. The number of aromatic nitrogens is 1. The zero-order valence-electron chi connectivity index (χ0n) is 9.96. The molecule has 0 saturated carbocycles. The molecule has 0 bridgehead atoms. The van der Waals surface area contributed by atoms with Crippen LogP contribution in [0, 0.1) is 13.8 Å². The van der Waals surface area contributed by atoms with Crippen molar-refractivity contribution in [2.75, 3.05) is 0 Å². The van der Waals surface area contributed by atoms with Gasteiger partial charge in [0.05, 0.1) is 12.7 Å². The molecular formula is C13H15BrN2O. The predicted molar refractivity (Wildman–Crippen MR) is 70.7 cm³/mol. The maximum absolute atomic E-state index is 5.39. The van der Waals surface area contributed by atoms with Gasteiger partial charge in [-0.25, -0.2) is 4.98 Å². The van der Waals surface area contributed by atoms with Gasteiger partial charge in [-0.15, -0.1) is 0 Å². The van der Waals surface area contributed by atoms with Crippen molar-refractivity contribution in [3.63, 3.8) is 0 Å². The second-order valence-corrected chi connectivity index (χ2v) is 4.92. The van der Waals surface area contributed by atoms with Gasteiger partial charge in [0, 0.05) is 11.0 Å². The molecule has 2 rings (SSSR count). The number of benzene rings is 1. The fraction of sp³-hybridized carbons (Fsp3) is 0.308. The first-order valence-corrected chi connectivity index (χ1v) is 6.31. The highest BCUT2D eigenvalue weighted by atomic mass is 79.9. The summed E-state index contributed by atoms with van der Waals surface area (Å²) in [7, 11) is 0. The van der Waals surface area contributed by atoms with Crippen molar-refractivity contribution >= 4 is 15.9 Å². The highest BCUT2D eigenvalue weighted by Gasteiger charge is 2.02. The standard InChI is InChI=1S/C13H15BrN2O/c1-9-3-4-11(12(14)5-9)7-15-8-13-16-6-10(2)17-13/h3-6,15H,7-8H2,1-2H3. The molecule has 0 amide bonds. The average Bonchev–Trinajstić information content (AvgIpc) is 2.68. The molecule has 90 valence electrons. The van der Waals surface area contributed by atoms with Gasteiger partial charge in [0.25, 0.3) is 0 Å². The van der Waals surface area contributed by atoms with E-state index in [9.17, 15) is 0 Å². The third-order valence-corrected chi connectivity index (χ3v) is 3.21. The van der Waals surface area contributed by atoms with Crippen molar-refractivity contribution in [2.45, 2.75) is 26.9 Å². The average molecular weight is 295 g/mol. The molecule has 1 N–H and O–H groups in total. The van der Waals surface area contributed by atoms with Crippen LogP contribution in [0.5, 0.6) is 0 Å². The molecule has 1 heterocycles. The van der Waals surface area contributed by atoms with Gasteiger partial charge >= 0.3 is 0 Å². The zero-order valence-corrected chi connectivity index (χ0v) is 11.5. The Hall–Kier alpha value is -1.13. The fourth-order valence-electron chi connectivity index (χ4n) is 1.58. The molecule has 0 atom stereocenters. The summed E-state index contributed by atoms with van der Waals surface area (Å²) in [5.74, 6) is 1.57. The third-order valence-electron chi connectivity index (χ3n) is 2.47. The number of halogens is 1. The minimum absolute atomic E-state index is 0.647. The number of nitrogens with zero attached hydrogens (tertiary/aromatic N) is 1. The molecule has 0 fully saturated rings. The van der Waals surface area contributed by atoms with Crippen molar-refractivity contribution < 1.29 is 4.42 Å². The van der Waals surface area contributed by atoms with Crippen LogP contribution in [0.3, 0.4) is 0 Å². The Balaban J connectivity index is 1.90. The minimum Gasteiger partial charge on any atom is -0.445 e. The van der Waals surface area contributed by atoms with Crippen molar-refractivity contribution in [1.82, 2.24) is 10.3 Å². The van der Waals surface area contributed by atoms with E-state index < -0.39 is 0 Å². The summed E-state index contributed by atoms with van der Waals surface area (Å²) in [6.45, 7) is 5.42. The molecule has 0 aliphatic heterocycles. The van der Waals surface area contributed by atoms with Gasteiger partial charge in [-0.3, -0.25) is 0 Å². The monoisotopic (exact) mass is 294 g/mol. The third kappa shape index (κ3) is 3.41. The number of nitrogens with one attached hydrogen (secondary N) is 1. The summed E-state index contributed by atoms with van der Waals surface area (Å²) in [5.41, 5.74) is 2.49. The quantitative estimate of drug-likeness (QED) is 0.940. The van der Waals surface area contributed by atoms with Crippen LogP contribution in [0.1, 0.15) is 22.8 Å². The summed E-state index contributed by atoms with van der Waals surface area (Å²) < 4.78 is 6.52. The highest BCUT2D eigenvalue weighted by molar-refractivity contribution is 9.10. The van der Waals surface area contributed by atoms with E-state index in [1.807, 2.05) is 6.92 Å². The molecule has 4 heteroatoms. The van der Waals surface area contributed by atoms with E-state index in [0.29, 0.717) is 6.54 Å². The lowest BCUT2D eigenvalue weighted by atomic mass is 10.1. The topological polar surface area (TPSA) is 38.1 Å². The van der Waals surface area contributed by atoms with E-state index >= 15 is 0 Å². The lowest BCUT2D eigenvalue weighted by Gasteiger charge is -2.06. The highest BCUT2D eigenvalue weighted by Crippen LogP contribution is 2.18. The first-order valence-electron chi connectivity index (χ1n) is 5.52. The number of rotatable bonds is 4. The summed E-state index contributed by atoms with van der Waals surface area (Å²) >= 11 is 3.56. The van der Waals surface area contributed by atoms with Gasteiger partial charge in [-0.1, -0.05) is 28.1 Å². The second-order valence-electron chi connectivity index (χ2n) is 4.06. The smallest absolute Gasteiger partial charge is 0.208 e. The molecule has 0 saturated heterocycles. The number of oxazole rings is 1. The van der Waals surface area contributed by atoms with Crippen LogP contribution < -0.4 is 5.32 Å². The zero-order chi connectivity index (χ0) is 12.3. The van der Waals surface area contributed by atoms with Crippen molar-refractivity contribution in [3.8, 4) is 0 Å². The van der Waals surface area contributed by atoms with Crippen LogP contribution in [0.2, 0.25) is 0 Å². The maximum atomic E-state index is 5.39. The van der Waals surface area contributed by atoms with Crippen molar-refractivity contribution in [2.24, 2.45) is 0 Å². The molecule has 0 aliphatic carbocycles. The Morgan fingerprint density at radius 1 is 1.29 bits per heavy atom. The second kappa shape index (κ2) is 5.47. The van der Waals surface area contributed by atoms with Crippen LogP contribution in [-0.4, -0.2) is 4.98 Å². The lowest BCUT2D eigenvalue weighted by molar-refractivity contribution is 0.449. The van der Waals surface area contributed by atoms with Crippen LogP contribution in [0.15, 0.2) is 33.3 Å². The van der Waals surface area contributed by atoms with E-state index in [0.717, 1.165) is 22.7 Å². The molecule has 0 radical (unpaired) electrons. The summed E-state index contributed by atoms with van der Waals surface area (Å²) in [6, 6.07) is 6.34. The Bertz CT molecular complexity index is 508. The molecule has 0 unspecified atom stereocenters. The van der Waals surface area contributed by atoms with E-state index in [2.05, 4.69) is 51.4 Å². The molecule has 0 aliphatic rings. The van der Waals surface area contributed by atoms with Gasteiger partial charge in [-0.2, -0.15) is 0 Å². The van der Waals surface area contributed by atoms with Crippen molar-refractivity contribution in [3.05, 3.63) is 51.6 Å². The Morgan fingerprint density at radius 3 is 2.76 bits per heavy atom. The first kappa shape index (κ1) is 12.3. The van der Waals surface area contributed by atoms with Crippen LogP contribution in [0.4, 0.5) is 0 Å². The Morgan fingerprint density at radius 2 is 2.12 bits per heavy atom. The minimum atomic E-state index is 0.647. The Kier molecular flexibility index (Phi) is 3.97. The van der Waals surface area contributed by atoms with Gasteiger partial charge in [0.15, 0.2) is 0 Å². The van der Waals surface area contributed by atoms with Crippen LogP contribution >= 0.6 is 15.9 Å². The van der Waals surface area contributed by atoms with Gasteiger partial charge in [-0.05, 0) is 31.0 Å². The van der Waals surface area contributed by atoms with E-state index in [1.54, 1.807) is 6.20 Å². The summed E-state index contributed by atoms with van der Waals surface area (Å²) in [6.07, 6.45) is 1.73. The van der Waals surface area contributed by atoms with Gasteiger partial charge in [0.2, 0.25) is 5.89 Å². The molecule has 0 spiro atoms. The van der Waals surface area contributed by atoms with E-state index in [1.165, 1.54) is 11.1 Å². The molecule has 1 aromatic carbocycles. The largest absolute Gasteiger partial charge is 0.445 e. The van der Waals surface area contributed by atoms with Crippen molar-refractivity contribution in [1.29, 1.82) is 0 Å². The van der Waals surface area contributed by atoms with E-state index in [4.69, 9.17) is 4.42 Å². The number of hydrogen-bond acceptors (Lipinski definition) is 3. The predicted octanol–water partition coefficient (Wildman–Crippen LogP) is 3.34. The van der Waals surface area contributed by atoms with Gasteiger partial charge in [0.1, 0.15) is 5.76 Å². The Labute approximate surface area is 109 Å². The number of hydrogen-bond donors (Lipinski definition) is 1. The molecule has 3 nitrogen and oxygen atoms in total. The van der Waals surface area contributed by atoms with Crippen LogP contribution in [-0.2, 0) is 13.1 Å². The lowest BCUT2D eigenvalue weighted by Crippen LogP contribution is -2.13. The normalized spacial score (nSPS) is 10.8. The molecule has 2 aromatic rings. The molecular weight excluding hydrogens is 280 g/mol. The SMILES string of the molecule is Cc1ccc(CNCc2ncc(C)o2)c(Br)c1. The summed E-state index contributed by atoms with van der Waals surface area (Å²) in [5, 5.41) is 3.31. The summed E-state index contributed by atoms with van der Waals surface area (Å²) in [4.78, 5) is 4.14. The molecule has 1 aromatic heterocycles. The first-order chi connectivity index (χ1) is 8.15.